The molecule has 0 bridgehead atoms. The standard InChI is InChI=1S/C20H15ClN4O3/c21-13-9-11-14(12-10-13)24-22-19(15-5-1-3-7-17(15)26)23-25(24)20(28)16-6-2-4-8-18(16)27/h2-12,27H,1H2,(H,22,23). The average molecular weight is 395 g/mol. The van der Waals surface area contributed by atoms with E-state index in [-0.39, 0.29) is 22.9 Å². The number of allylic oxidation sites excluding steroid dienone is 3. The van der Waals surface area contributed by atoms with Gasteiger partial charge < -0.3 is 5.11 Å². The van der Waals surface area contributed by atoms with Crippen molar-refractivity contribution in [2.24, 2.45) is 5.10 Å². The molecule has 4 rings (SSSR count). The molecule has 1 heterocycles. The number of para-hydroxylation sites is 1. The SMILES string of the molecule is O=C1C=CCC=C1C1=NN(c2ccc(Cl)cc2)N(C(=O)c2ccccc2O)N1. The van der Waals surface area contributed by atoms with E-state index in [0.717, 1.165) is 5.12 Å². The van der Waals surface area contributed by atoms with Crippen molar-refractivity contribution >= 4 is 34.8 Å². The number of amides is 1. The van der Waals surface area contributed by atoms with Crippen molar-refractivity contribution in [3.05, 3.63) is 82.9 Å². The zero-order valence-corrected chi connectivity index (χ0v) is 15.3. The van der Waals surface area contributed by atoms with E-state index in [1.807, 2.05) is 0 Å². The topological polar surface area (TPSA) is 85.2 Å². The monoisotopic (exact) mass is 394 g/mol. The molecule has 0 saturated heterocycles. The summed E-state index contributed by atoms with van der Waals surface area (Å²) in [5.41, 5.74) is 3.88. The minimum absolute atomic E-state index is 0.0919. The predicted molar refractivity (Wildman–Crippen MR) is 106 cm³/mol. The van der Waals surface area contributed by atoms with E-state index in [1.165, 1.54) is 23.3 Å². The van der Waals surface area contributed by atoms with Crippen LogP contribution in [0, 0.1) is 0 Å². The Bertz CT molecular complexity index is 1040. The maximum atomic E-state index is 13.1. The number of hydrogen-bond acceptors (Lipinski definition) is 6. The molecular formula is C20H15ClN4O3. The zero-order chi connectivity index (χ0) is 19.7. The number of hydrazone groups is 1. The predicted octanol–water partition coefficient (Wildman–Crippen LogP) is 3.20. The first-order valence-corrected chi connectivity index (χ1v) is 8.87. The van der Waals surface area contributed by atoms with Crippen molar-refractivity contribution in [3.63, 3.8) is 0 Å². The van der Waals surface area contributed by atoms with Gasteiger partial charge in [-0.3, -0.25) is 15.0 Å². The second kappa shape index (κ2) is 7.21. The molecule has 0 radical (unpaired) electrons. The van der Waals surface area contributed by atoms with Gasteiger partial charge in [0.2, 0.25) is 0 Å². The molecule has 0 spiro atoms. The molecule has 2 aromatic carbocycles. The zero-order valence-electron chi connectivity index (χ0n) is 14.5. The number of aromatic hydroxyl groups is 1. The highest BCUT2D eigenvalue weighted by atomic mass is 35.5. The van der Waals surface area contributed by atoms with Gasteiger partial charge in [-0.2, -0.15) is 0 Å². The van der Waals surface area contributed by atoms with Gasteiger partial charge in [-0.25, -0.2) is 0 Å². The number of hydrogen-bond donors (Lipinski definition) is 2. The molecule has 2 aliphatic rings. The molecule has 7 nitrogen and oxygen atoms in total. The molecule has 0 unspecified atom stereocenters. The molecule has 0 fully saturated rings. The lowest BCUT2D eigenvalue weighted by molar-refractivity contribution is -0.111. The van der Waals surface area contributed by atoms with E-state index in [2.05, 4.69) is 10.5 Å². The molecule has 28 heavy (non-hydrogen) atoms. The second-order valence-corrected chi connectivity index (χ2v) is 6.52. The summed E-state index contributed by atoms with van der Waals surface area (Å²) in [4.78, 5) is 25.3. The maximum Gasteiger partial charge on any atom is 0.297 e. The van der Waals surface area contributed by atoms with Crippen molar-refractivity contribution in [2.75, 3.05) is 5.12 Å². The van der Waals surface area contributed by atoms with Gasteiger partial charge >= 0.3 is 0 Å². The second-order valence-electron chi connectivity index (χ2n) is 6.08. The number of anilines is 1. The molecule has 1 aliphatic carbocycles. The third-order valence-corrected chi connectivity index (χ3v) is 4.48. The van der Waals surface area contributed by atoms with Crippen molar-refractivity contribution in [2.45, 2.75) is 6.42 Å². The third-order valence-electron chi connectivity index (χ3n) is 4.23. The molecule has 0 aromatic heterocycles. The molecule has 1 aliphatic heterocycles. The maximum absolute atomic E-state index is 13.1. The number of phenols is 1. The van der Waals surface area contributed by atoms with E-state index in [9.17, 15) is 14.7 Å². The van der Waals surface area contributed by atoms with Gasteiger partial charge in [-0.15, -0.1) is 15.3 Å². The Hall–Kier alpha value is -3.58. The van der Waals surface area contributed by atoms with Gasteiger partial charge in [0.25, 0.3) is 5.91 Å². The quantitative estimate of drug-likeness (QED) is 0.835. The van der Waals surface area contributed by atoms with Crippen molar-refractivity contribution < 1.29 is 14.7 Å². The normalized spacial score (nSPS) is 16.0. The summed E-state index contributed by atoms with van der Waals surface area (Å²) in [6, 6.07) is 12.9. The number of rotatable bonds is 3. The van der Waals surface area contributed by atoms with Crippen LogP contribution in [-0.4, -0.2) is 27.8 Å². The van der Waals surface area contributed by atoms with Gasteiger partial charge in [0.1, 0.15) is 5.75 Å². The Morgan fingerprint density at radius 2 is 1.89 bits per heavy atom. The van der Waals surface area contributed by atoms with E-state index in [0.29, 0.717) is 22.7 Å². The van der Waals surface area contributed by atoms with Gasteiger partial charge in [-0.05, 0) is 48.9 Å². The van der Waals surface area contributed by atoms with E-state index in [4.69, 9.17) is 11.6 Å². The summed E-state index contributed by atoms with van der Waals surface area (Å²) in [7, 11) is 0. The highest BCUT2D eigenvalue weighted by Crippen LogP contribution is 2.26. The number of amidine groups is 1. The Balaban J connectivity index is 1.73. The molecule has 2 aromatic rings. The lowest BCUT2D eigenvalue weighted by atomic mass is 10.0. The number of hydrazine groups is 2. The van der Waals surface area contributed by atoms with Crippen LogP contribution in [0.4, 0.5) is 5.69 Å². The summed E-state index contributed by atoms with van der Waals surface area (Å²) in [5.74, 6) is -0.653. The van der Waals surface area contributed by atoms with Gasteiger partial charge in [0.05, 0.1) is 16.8 Å². The Morgan fingerprint density at radius 1 is 1.14 bits per heavy atom. The minimum atomic E-state index is -0.536. The fourth-order valence-electron chi connectivity index (χ4n) is 2.84. The van der Waals surface area contributed by atoms with Gasteiger partial charge in [0.15, 0.2) is 11.6 Å². The number of nitrogens with zero attached hydrogens (tertiary/aromatic N) is 3. The molecule has 0 saturated carbocycles. The Labute approximate surface area is 165 Å². The number of carbonyl (C=O) groups excluding carboxylic acids is 2. The van der Waals surface area contributed by atoms with Crippen LogP contribution in [0.2, 0.25) is 5.02 Å². The average Bonchev–Trinajstić information content (AvgIpc) is 3.14. The lowest BCUT2D eigenvalue weighted by Gasteiger charge is -2.26. The van der Waals surface area contributed by atoms with Gasteiger partial charge in [0, 0.05) is 5.02 Å². The van der Waals surface area contributed by atoms with Crippen LogP contribution >= 0.6 is 11.6 Å². The smallest absolute Gasteiger partial charge is 0.297 e. The first-order valence-electron chi connectivity index (χ1n) is 8.49. The van der Waals surface area contributed by atoms with Crippen molar-refractivity contribution in [1.29, 1.82) is 0 Å². The van der Waals surface area contributed by atoms with Crippen LogP contribution in [0.1, 0.15) is 16.8 Å². The van der Waals surface area contributed by atoms with E-state index in [1.54, 1.807) is 48.6 Å². The van der Waals surface area contributed by atoms with Crippen LogP contribution < -0.4 is 10.5 Å². The number of carbonyl (C=O) groups is 2. The Kier molecular flexibility index (Phi) is 4.58. The van der Waals surface area contributed by atoms with E-state index < -0.39 is 5.91 Å². The van der Waals surface area contributed by atoms with Crippen LogP contribution in [0.3, 0.4) is 0 Å². The van der Waals surface area contributed by atoms with Crippen molar-refractivity contribution in [1.82, 2.24) is 10.5 Å². The molecular weight excluding hydrogens is 380 g/mol. The summed E-state index contributed by atoms with van der Waals surface area (Å²) in [5, 5.41) is 17.5. The molecule has 0 atom stereocenters. The van der Waals surface area contributed by atoms with E-state index >= 15 is 0 Å². The minimum Gasteiger partial charge on any atom is -0.507 e. The molecule has 2 N–H and O–H groups in total. The number of ketones is 1. The van der Waals surface area contributed by atoms with Crippen LogP contribution in [0.15, 0.2) is 77.4 Å². The molecule has 140 valence electrons. The molecule has 8 heteroatoms. The molecule has 1 amide bonds. The number of halogens is 1. The number of nitrogens with one attached hydrogen (secondary N) is 1. The number of benzene rings is 2. The summed E-state index contributed by atoms with van der Waals surface area (Å²) in [6.45, 7) is 0. The van der Waals surface area contributed by atoms with Crippen molar-refractivity contribution in [3.8, 4) is 5.75 Å². The summed E-state index contributed by atoms with van der Waals surface area (Å²) >= 11 is 5.96. The first-order chi connectivity index (χ1) is 13.5. The summed E-state index contributed by atoms with van der Waals surface area (Å²) in [6.07, 6.45) is 5.56. The highest BCUT2D eigenvalue weighted by molar-refractivity contribution is 6.30. The van der Waals surface area contributed by atoms with Gasteiger partial charge in [-0.1, -0.05) is 35.9 Å². The first kappa shape index (κ1) is 17.8. The summed E-state index contributed by atoms with van der Waals surface area (Å²) < 4.78 is 0. The highest BCUT2D eigenvalue weighted by Gasteiger charge is 2.34. The van der Waals surface area contributed by atoms with Crippen LogP contribution in [0.25, 0.3) is 0 Å². The fraction of sp³-hybridized carbons (Fsp3) is 0.0500. The largest absolute Gasteiger partial charge is 0.507 e. The fourth-order valence-corrected chi connectivity index (χ4v) is 2.97. The third kappa shape index (κ3) is 3.23. The Morgan fingerprint density at radius 3 is 2.61 bits per heavy atom. The number of phenolic OH excluding ortho intramolecular Hbond substituents is 1. The van der Waals surface area contributed by atoms with Crippen LogP contribution in [-0.2, 0) is 4.79 Å². The lowest BCUT2D eigenvalue weighted by Crippen LogP contribution is -2.49. The van der Waals surface area contributed by atoms with Crippen LogP contribution in [0.5, 0.6) is 5.75 Å².